The van der Waals surface area contributed by atoms with E-state index in [1.807, 2.05) is 18.2 Å². The van der Waals surface area contributed by atoms with Crippen LogP contribution < -0.4 is 0 Å². The highest BCUT2D eigenvalue weighted by Crippen LogP contribution is 2.44. The first kappa shape index (κ1) is 20.6. The van der Waals surface area contributed by atoms with E-state index in [1.54, 1.807) is 6.08 Å². The molecule has 0 spiro atoms. The zero-order valence-corrected chi connectivity index (χ0v) is 15.8. The molecule has 4 heteroatoms. The van der Waals surface area contributed by atoms with E-state index in [4.69, 9.17) is 5.11 Å². The summed E-state index contributed by atoms with van der Waals surface area (Å²) < 4.78 is 0. The van der Waals surface area contributed by atoms with Crippen LogP contribution in [0.15, 0.2) is 36.5 Å². The van der Waals surface area contributed by atoms with E-state index in [-0.39, 0.29) is 24.0 Å². The standard InChI is InChI=1S/C22H32O4/c1-2-15-22(26,18-12-13-18)16-7-8-17-11-14-20(23)19(17)9-5-3-4-6-10-21(24)25/h3,5,7-8,11,14,17-19,26H,2,4,6,9-10,12-13,15-16H2,1H3,(H,24,25)/t17-,19+,22?/m0/s1. The number of allylic oxidation sites excluding steroid dienone is 5. The molecule has 0 amide bonds. The number of carboxylic acid groups (broad SMARTS) is 1. The maximum absolute atomic E-state index is 12.1. The van der Waals surface area contributed by atoms with Gasteiger partial charge in [-0.15, -0.1) is 0 Å². The summed E-state index contributed by atoms with van der Waals surface area (Å²) in [5.74, 6) is -0.148. The van der Waals surface area contributed by atoms with E-state index in [0.717, 1.165) is 32.1 Å². The fourth-order valence-electron chi connectivity index (χ4n) is 3.81. The Kier molecular flexibility index (Phi) is 7.83. The van der Waals surface area contributed by atoms with Crippen LogP contribution in [0.4, 0.5) is 0 Å². The van der Waals surface area contributed by atoms with Crippen LogP contribution in [0.25, 0.3) is 0 Å². The van der Waals surface area contributed by atoms with Crippen LogP contribution >= 0.6 is 0 Å². The zero-order chi connectivity index (χ0) is 19.0. The first-order chi connectivity index (χ1) is 12.5. The molecule has 0 saturated heterocycles. The third kappa shape index (κ3) is 6.24. The lowest BCUT2D eigenvalue weighted by molar-refractivity contribution is -0.137. The second kappa shape index (κ2) is 9.86. The molecule has 2 aliphatic rings. The van der Waals surface area contributed by atoms with Crippen molar-refractivity contribution in [1.82, 2.24) is 0 Å². The molecule has 1 unspecified atom stereocenters. The Morgan fingerprint density at radius 2 is 2.08 bits per heavy atom. The summed E-state index contributed by atoms with van der Waals surface area (Å²) in [5, 5.41) is 19.4. The average molecular weight is 360 g/mol. The molecule has 0 aromatic carbocycles. The molecule has 0 aliphatic heterocycles. The first-order valence-electron chi connectivity index (χ1n) is 9.94. The van der Waals surface area contributed by atoms with Crippen molar-refractivity contribution in [1.29, 1.82) is 0 Å². The number of aliphatic hydroxyl groups is 1. The Hall–Kier alpha value is -1.68. The van der Waals surface area contributed by atoms with Gasteiger partial charge in [-0.25, -0.2) is 0 Å². The predicted octanol–water partition coefficient (Wildman–Crippen LogP) is 4.45. The fourth-order valence-corrected chi connectivity index (χ4v) is 3.81. The van der Waals surface area contributed by atoms with E-state index >= 15 is 0 Å². The molecule has 144 valence electrons. The number of carboxylic acids is 1. The van der Waals surface area contributed by atoms with Crippen molar-refractivity contribution in [2.75, 3.05) is 0 Å². The van der Waals surface area contributed by atoms with Gasteiger partial charge in [-0.3, -0.25) is 9.59 Å². The quantitative estimate of drug-likeness (QED) is 0.398. The highest BCUT2D eigenvalue weighted by atomic mass is 16.4. The van der Waals surface area contributed by atoms with Crippen LogP contribution in [0.5, 0.6) is 0 Å². The van der Waals surface area contributed by atoms with Gasteiger partial charge < -0.3 is 10.2 Å². The number of carbonyl (C=O) groups excluding carboxylic acids is 1. The Balaban J connectivity index is 1.81. The lowest BCUT2D eigenvalue weighted by atomic mass is 9.86. The van der Waals surface area contributed by atoms with E-state index in [2.05, 4.69) is 19.1 Å². The van der Waals surface area contributed by atoms with Crippen molar-refractivity contribution in [3.8, 4) is 0 Å². The number of carbonyl (C=O) groups is 2. The summed E-state index contributed by atoms with van der Waals surface area (Å²) in [4.78, 5) is 22.6. The van der Waals surface area contributed by atoms with Gasteiger partial charge in [0.1, 0.15) is 0 Å². The first-order valence-corrected chi connectivity index (χ1v) is 9.94. The number of hydrogen-bond acceptors (Lipinski definition) is 3. The highest BCUT2D eigenvalue weighted by Gasteiger charge is 2.42. The van der Waals surface area contributed by atoms with E-state index in [9.17, 15) is 14.7 Å². The maximum atomic E-state index is 12.1. The minimum Gasteiger partial charge on any atom is -0.481 e. The lowest BCUT2D eigenvalue weighted by Gasteiger charge is -2.26. The second-order valence-electron chi connectivity index (χ2n) is 7.70. The summed E-state index contributed by atoms with van der Waals surface area (Å²) in [6, 6.07) is 0. The normalized spacial score (nSPS) is 25.4. The van der Waals surface area contributed by atoms with Crippen LogP contribution in [0.3, 0.4) is 0 Å². The van der Waals surface area contributed by atoms with Crippen molar-refractivity contribution in [2.45, 2.75) is 70.3 Å². The Labute approximate surface area is 156 Å². The molecular weight excluding hydrogens is 328 g/mol. The molecule has 3 atom stereocenters. The van der Waals surface area contributed by atoms with Gasteiger partial charge in [-0.05, 0) is 56.9 Å². The fraction of sp³-hybridized carbons (Fsp3) is 0.636. The number of unbranched alkanes of at least 4 members (excludes halogenated alkanes) is 1. The molecular formula is C22H32O4. The Bertz CT molecular complexity index is 571. The zero-order valence-electron chi connectivity index (χ0n) is 15.8. The van der Waals surface area contributed by atoms with Gasteiger partial charge >= 0.3 is 5.97 Å². The Morgan fingerprint density at radius 3 is 2.73 bits per heavy atom. The molecule has 2 N–H and O–H groups in total. The van der Waals surface area contributed by atoms with Gasteiger partial charge in [0.2, 0.25) is 0 Å². The largest absolute Gasteiger partial charge is 0.481 e. The van der Waals surface area contributed by atoms with Crippen molar-refractivity contribution in [2.24, 2.45) is 17.8 Å². The van der Waals surface area contributed by atoms with Crippen molar-refractivity contribution < 1.29 is 19.8 Å². The minimum absolute atomic E-state index is 0.0674. The van der Waals surface area contributed by atoms with Crippen LogP contribution in [0, 0.1) is 17.8 Å². The summed E-state index contributed by atoms with van der Waals surface area (Å²) in [7, 11) is 0. The summed E-state index contributed by atoms with van der Waals surface area (Å²) in [6.45, 7) is 2.11. The van der Waals surface area contributed by atoms with E-state index < -0.39 is 11.6 Å². The maximum Gasteiger partial charge on any atom is 0.303 e. The van der Waals surface area contributed by atoms with Crippen molar-refractivity contribution >= 4 is 11.8 Å². The molecule has 0 aromatic heterocycles. The monoisotopic (exact) mass is 360 g/mol. The van der Waals surface area contributed by atoms with Gasteiger partial charge in [0.05, 0.1) is 5.60 Å². The molecule has 26 heavy (non-hydrogen) atoms. The SMILES string of the molecule is CCCC(O)(CC=C[C@H]1C=CC(=O)[C@@H]1CC=CCCCC(=O)O)C1CC1. The van der Waals surface area contributed by atoms with Crippen LogP contribution in [-0.4, -0.2) is 27.6 Å². The number of aliphatic carboxylic acids is 1. The summed E-state index contributed by atoms with van der Waals surface area (Å²) in [6.07, 6.45) is 18.7. The predicted molar refractivity (Wildman–Crippen MR) is 103 cm³/mol. The minimum atomic E-state index is -0.770. The van der Waals surface area contributed by atoms with Gasteiger partial charge in [0.25, 0.3) is 0 Å². The number of hydrogen-bond donors (Lipinski definition) is 2. The topological polar surface area (TPSA) is 74.6 Å². The lowest BCUT2D eigenvalue weighted by Crippen LogP contribution is -2.30. The Morgan fingerprint density at radius 1 is 1.31 bits per heavy atom. The molecule has 2 aliphatic carbocycles. The van der Waals surface area contributed by atoms with E-state index in [1.165, 1.54) is 0 Å². The van der Waals surface area contributed by atoms with Crippen molar-refractivity contribution in [3.63, 3.8) is 0 Å². The molecule has 2 rings (SSSR count). The van der Waals surface area contributed by atoms with Gasteiger partial charge in [0.15, 0.2) is 5.78 Å². The smallest absolute Gasteiger partial charge is 0.303 e. The van der Waals surface area contributed by atoms with Crippen molar-refractivity contribution in [3.05, 3.63) is 36.5 Å². The van der Waals surface area contributed by atoms with Crippen LogP contribution in [-0.2, 0) is 9.59 Å². The molecule has 4 nitrogen and oxygen atoms in total. The highest BCUT2D eigenvalue weighted by molar-refractivity contribution is 5.95. The summed E-state index contributed by atoms with van der Waals surface area (Å²) in [5.41, 5.74) is -0.572. The molecule has 0 aromatic rings. The number of rotatable bonds is 12. The van der Waals surface area contributed by atoms with E-state index in [0.29, 0.717) is 25.2 Å². The summed E-state index contributed by atoms with van der Waals surface area (Å²) >= 11 is 0. The third-order valence-electron chi connectivity index (χ3n) is 5.48. The van der Waals surface area contributed by atoms with Gasteiger partial charge in [-0.1, -0.05) is 43.7 Å². The average Bonchev–Trinajstić information content (AvgIpc) is 3.38. The van der Waals surface area contributed by atoms with Crippen LogP contribution in [0.2, 0.25) is 0 Å². The van der Waals surface area contributed by atoms with Gasteiger partial charge in [-0.2, -0.15) is 0 Å². The molecule has 0 radical (unpaired) electrons. The number of ketones is 1. The molecule has 0 bridgehead atoms. The third-order valence-corrected chi connectivity index (χ3v) is 5.48. The van der Waals surface area contributed by atoms with Crippen LogP contribution in [0.1, 0.15) is 64.7 Å². The van der Waals surface area contributed by atoms with Gasteiger partial charge in [0, 0.05) is 18.3 Å². The molecule has 1 saturated carbocycles. The molecule has 0 heterocycles. The second-order valence-corrected chi connectivity index (χ2v) is 7.70. The molecule has 1 fully saturated rings.